The molecule has 0 fully saturated rings. The maximum Gasteiger partial charge on any atom is 0.243 e. The zero-order chi connectivity index (χ0) is 21.0. The highest BCUT2D eigenvalue weighted by Crippen LogP contribution is 2.32. The van der Waals surface area contributed by atoms with Crippen molar-refractivity contribution >= 4 is 27.7 Å². The van der Waals surface area contributed by atoms with Gasteiger partial charge in [-0.3, -0.25) is 4.79 Å². The largest absolute Gasteiger partial charge is 0.497 e. The summed E-state index contributed by atoms with van der Waals surface area (Å²) in [6.45, 7) is -0.228. The quantitative estimate of drug-likeness (QED) is 0.677. The summed E-state index contributed by atoms with van der Waals surface area (Å²) in [6.07, 6.45) is 4.66. The van der Waals surface area contributed by atoms with E-state index in [-0.39, 0.29) is 23.4 Å². The number of likely N-dealkylation sites (N-methyl/N-ethyl adjacent to an activating group) is 1. The number of amides is 1. The van der Waals surface area contributed by atoms with Crippen molar-refractivity contribution in [2.24, 2.45) is 0 Å². The van der Waals surface area contributed by atoms with Crippen LogP contribution in [0.2, 0.25) is 0 Å². The van der Waals surface area contributed by atoms with Gasteiger partial charge in [-0.05, 0) is 73.0 Å². The molecule has 0 unspecified atom stereocenters. The molecule has 1 aliphatic carbocycles. The van der Waals surface area contributed by atoms with Crippen LogP contribution in [0.15, 0.2) is 52.3 Å². The highest BCUT2D eigenvalue weighted by molar-refractivity contribution is 7.98. The number of nitrogens with one attached hydrogen (secondary N) is 1. The number of ether oxygens (including phenoxy) is 1. The topological polar surface area (TPSA) is 75.7 Å². The Labute approximate surface area is 176 Å². The molecule has 0 radical (unpaired) electrons. The minimum Gasteiger partial charge on any atom is -0.497 e. The maximum atomic E-state index is 12.8. The molecule has 8 heteroatoms. The van der Waals surface area contributed by atoms with Gasteiger partial charge in [-0.2, -0.15) is 4.31 Å². The van der Waals surface area contributed by atoms with E-state index in [1.165, 1.54) is 7.05 Å². The van der Waals surface area contributed by atoms with Gasteiger partial charge < -0.3 is 10.1 Å². The number of hydrogen-bond donors (Lipinski definition) is 1. The van der Waals surface area contributed by atoms with E-state index >= 15 is 0 Å². The van der Waals surface area contributed by atoms with E-state index in [1.54, 1.807) is 43.1 Å². The number of carbonyl (C=O) groups excluding carboxylic acids is 1. The van der Waals surface area contributed by atoms with E-state index in [2.05, 4.69) is 5.32 Å². The van der Waals surface area contributed by atoms with E-state index in [4.69, 9.17) is 4.74 Å². The van der Waals surface area contributed by atoms with E-state index in [0.29, 0.717) is 0 Å². The van der Waals surface area contributed by atoms with Gasteiger partial charge in [0.15, 0.2) is 0 Å². The Morgan fingerprint density at radius 3 is 2.62 bits per heavy atom. The summed E-state index contributed by atoms with van der Waals surface area (Å²) in [6, 6.07) is 12.4. The number of sulfonamides is 1. The van der Waals surface area contributed by atoms with Gasteiger partial charge in [0, 0.05) is 11.9 Å². The lowest BCUT2D eigenvalue weighted by Gasteiger charge is -2.27. The third-order valence-electron chi connectivity index (χ3n) is 5.13. The van der Waals surface area contributed by atoms with E-state index < -0.39 is 10.0 Å². The summed E-state index contributed by atoms with van der Waals surface area (Å²) < 4.78 is 31.9. The molecular formula is C21H26N2O4S2. The van der Waals surface area contributed by atoms with Crippen molar-refractivity contribution in [3.8, 4) is 5.75 Å². The Bertz CT molecular complexity index is 975. The molecule has 2 aromatic rings. The number of methoxy groups -OCH3 is 1. The Morgan fingerprint density at radius 1 is 1.24 bits per heavy atom. The van der Waals surface area contributed by atoms with Crippen LogP contribution in [0, 0.1) is 0 Å². The van der Waals surface area contributed by atoms with Gasteiger partial charge >= 0.3 is 0 Å². The molecule has 0 aliphatic heterocycles. The highest BCUT2D eigenvalue weighted by Gasteiger charge is 2.26. The molecule has 0 bridgehead atoms. The second kappa shape index (κ2) is 9.19. The smallest absolute Gasteiger partial charge is 0.243 e. The van der Waals surface area contributed by atoms with E-state index in [1.807, 2.05) is 24.5 Å². The lowest BCUT2D eigenvalue weighted by molar-refractivity contribution is -0.122. The van der Waals surface area contributed by atoms with Gasteiger partial charge in [0.05, 0.1) is 24.6 Å². The van der Waals surface area contributed by atoms with Crippen molar-refractivity contribution in [2.75, 3.05) is 27.0 Å². The fourth-order valence-electron chi connectivity index (χ4n) is 3.52. The van der Waals surface area contributed by atoms with Crippen molar-refractivity contribution in [2.45, 2.75) is 35.1 Å². The first-order chi connectivity index (χ1) is 13.8. The third-order valence-corrected chi connectivity index (χ3v) is 7.69. The van der Waals surface area contributed by atoms with Gasteiger partial charge in [-0.15, -0.1) is 11.8 Å². The van der Waals surface area contributed by atoms with Gasteiger partial charge in [-0.25, -0.2) is 8.42 Å². The molecule has 29 heavy (non-hydrogen) atoms. The Morgan fingerprint density at radius 2 is 1.97 bits per heavy atom. The summed E-state index contributed by atoms with van der Waals surface area (Å²) in [7, 11) is -0.661. The number of thioether (sulfide) groups is 1. The fraction of sp³-hybridized carbons (Fsp3) is 0.381. The van der Waals surface area contributed by atoms with Crippen LogP contribution in [-0.4, -0.2) is 45.6 Å². The number of nitrogens with zero attached hydrogens (tertiary/aromatic N) is 1. The highest BCUT2D eigenvalue weighted by atomic mass is 32.2. The number of aryl methyl sites for hydroxylation is 1. The zero-order valence-corrected chi connectivity index (χ0v) is 18.5. The number of rotatable bonds is 7. The van der Waals surface area contributed by atoms with Crippen LogP contribution >= 0.6 is 11.8 Å². The predicted molar refractivity (Wildman–Crippen MR) is 115 cm³/mol. The third kappa shape index (κ3) is 4.94. The van der Waals surface area contributed by atoms with Gasteiger partial charge in [0.25, 0.3) is 0 Å². The standard InChI is InChI=1S/C21H26N2O4S2/c1-23(29(25,26)18-10-8-17(28-3)9-11-18)14-21(24)22-20-6-4-5-15-13-16(27-2)7-12-19(15)20/h7-13,20H,4-6,14H2,1-3H3,(H,22,24)/t20-/m0/s1. The Hall–Kier alpha value is -2.03. The average molecular weight is 435 g/mol. The first-order valence-electron chi connectivity index (χ1n) is 9.41. The summed E-state index contributed by atoms with van der Waals surface area (Å²) in [4.78, 5) is 13.8. The Balaban J connectivity index is 1.67. The summed E-state index contributed by atoms with van der Waals surface area (Å²) >= 11 is 1.54. The molecule has 0 aromatic heterocycles. The molecular weight excluding hydrogens is 408 g/mol. The van der Waals surface area contributed by atoms with Crippen LogP contribution < -0.4 is 10.1 Å². The molecule has 156 valence electrons. The first kappa shape index (κ1) is 21.7. The second-order valence-electron chi connectivity index (χ2n) is 7.01. The molecule has 0 spiro atoms. The molecule has 6 nitrogen and oxygen atoms in total. The molecule has 1 N–H and O–H groups in total. The van der Waals surface area contributed by atoms with Crippen LogP contribution in [0.25, 0.3) is 0 Å². The zero-order valence-electron chi connectivity index (χ0n) is 16.8. The number of benzene rings is 2. The van der Waals surface area contributed by atoms with Crippen molar-refractivity contribution in [3.63, 3.8) is 0 Å². The van der Waals surface area contributed by atoms with Gasteiger partial charge in [-0.1, -0.05) is 6.07 Å². The van der Waals surface area contributed by atoms with Crippen molar-refractivity contribution < 1.29 is 17.9 Å². The molecule has 0 saturated heterocycles. The van der Waals surface area contributed by atoms with Crippen molar-refractivity contribution in [1.29, 1.82) is 0 Å². The fourth-order valence-corrected chi connectivity index (χ4v) is 5.06. The number of hydrogen-bond acceptors (Lipinski definition) is 5. The maximum absolute atomic E-state index is 12.8. The van der Waals surface area contributed by atoms with Crippen LogP contribution in [0.4, 0.5) is 0 Å². The van der Waals surface area contributed by atoms with E-state index in [0.717, 1.165) is 45.3 Å². The minimum absolute atomic E-state index is 0.117. The summed E-state index contributed by atoms with van der Waals surface area (Å²) in [5.41, 5.74) is 2.24. The van der Waals surface area contributed by atoms with Gasteiger partial charge in [0.1, 0.15) is 5.75 Å². The van der Waals surface area contributed by atoms with Crippen LogP contribution in [0.5, 0.6) is 5.75 Å². The SMILES string of the molecule is COc1ccc2c(c1)CCC[C@@H]2NC(=O)CN(C)S(=O)(=O)c1ccc(SC)cc1. The van der Waals surface area contributed by atoms with E-state index in [9.17, 15) is 13.2 Å². The summed E-state index contributed by atoms with van der Waals surface area (Å²) in [5.74, 6) is 0.486. The molecule has 0 heterocycles. The molecule has 0 saturated carbocycles. The van der Waals surface area contributed by atoms with Crippen LogP contribution in [0.1, 0.15) is 30.0 Å². The Kier molecular flexibility index (Phi) is 6.87. The second-order valence-corrected chi connectivity index (χ2v) is 9.94. The van der Waals surface area contributed by atoms with Crippen LogP contribution in [0.3, 0.4) is 0 Å². The average Bonchev–Trinajstić information content (AvgIpc) is 2.73. The van der Waals surface area contributed by atoms with Crippen molar-refractivity contribution in [3.05, 3.63) is 53.6 Å². The number of carbonyl (C=O) groups is 1. The summed E-state index contributed by atoms with van der Waals surface area (Å²) in [5, 5.41) is 3.00. The van der Waals surface area contributed by atoms with Crippen LogP contribution in [-0.2, 0) is 21.2 Å². The first-order valence-corrected chi connectivity index (χ1v) is 12.1. The normalized spacial score (nSPS) is 16.3. The molecule has 2 aromatic carbocycles. The molecule has 3 rings (SSSR count). The number of fused-ring (bicyclic) bond motifs is 1. The van der Waals surface area contributed by atoms with Gasteiger partial charge in [0.2, 0.25) is 15.9 Å². The monoisotopic (exact) mass is 434 g/mol. The molecule has 1 amide bonds. The molecule has 1 aliphatic rings. The lowest BCUT2D eigenvalue weighted by atomic mass is 9.87. The lowest BCUT2D eigenvalue weighted by Crippen LogP contribution is -2.40. The van der Waals surface area contributed by atoms with Crippen molar-refractivity contribution in [1.82, 2.24) is 9.62 Å². The predicted octanol–water partition coefficient (Wildman–Crippen LogP) is 3.23. The minimum atomic E-state index is -3.72. The molecule has 1 atom stereocenters.